The number of carbonyl (C=O) groups excluding carboxylic acids is 3. The van der Waals surface area contributed by atoms with Crippen molar-refractivity contribution in [2.24, 2.45) is 0 Å². The molecule has 0 saturated carbocycles. The molecule has 0 aliphatic rings. The van der Waals surface area contributed by atoms with E-state index in [1.165, 1.54) is 25.5 Å². The van der Waals surface area contributed by atoms with Crippen LogP contribution in [0.3, 0.4) is 0 Å². The van der Waals surface area contributed by atoms with E-state index in [0.29, 0.717) is 22.3 Å². The number of ether oxygens (including phenoxy) is 3. The predicted octanol–water partition coefficient (Wildman–Crippen LogP) is 3.70. The summed E-state index contributed by atoms with van der Waals surface area (Å²) in [5.41, 5.74) is 1.06. The zero-order chi connectivity index (χ0) is 23.6. The molecule has 0 atom stereocenters. The van der Waals surface area contributed by atoms with Crippen LogP contribution in [-0.2, 0) is 22.7 Å². The van der Waals surface area contributed by atoms with Gasteiger partial charge in [-0.25, -0.2) is 9.59 Å². The SMILES string of the molecule is COc1cc(C(=O)OCC(=O)NC(=O)NCc2ccco2)ccc1OCc1ccc(Cl)cc1. The number of esters is 1. The van der Waals surface area contributed by atoms with Crippen LogP contribution in [0.5, 0.6) is 11.5 Å². The first kappa shape index (κ1) is 23.7. The zero-order valence-corrected chi connectivity index (χ0v) is 18.4. The van der Waals surface area contributed by atoms with Gasteiger partial charge in [0.25, 0.3) is 5.91 Å². The molecule has 0 bridgehead atoms. The quantitative estimate of drug-likeness (QED) is 0.456. The molecule has 2 N–H and O–H groups in total. The summed E-state index contributed by atoms with van der Waals surface area (Å²) in [6.07, 6.45) is 1.47. The maximum Gasteiger partial charge on any atom is 0.338 e. The number of methoxy groups -OCH3 is 1. The number of benzene rings is 2. The second-order valence-electron chi connectivity index (χ2n) is 6.67. The van der Waals surface area contributed by atoms with E-state index in [1.54, 1.807) is 30.3 Å². The van der Waals surface area contributed by atoms with Crippen LogP contribution in [0.15, 0.2) is 65.3 Å². The zero-order valence-electron chi connectivity index (χ0n) is 17.6. The van der Waals surface area contributed by atoms with Gasteiger partial charge in [0.05, 0.1) is 25.5 Å². The second-order valence-corrected chi connectivity index (χ2v) is 7.10. The topological polar surface area (TPSA) is 116 Å². The van der Waals surface area contributed by atoms with Gasteiger partial charge in [0.1, 0.15) is 12.4 Å². The minimum atomic E-state index is -0.782. The average molecular weight is 473 g/mol. The number of halogens is 1. The first-order chi connectivity index (χ1) is 15.9. The number of nitrogens with one attached hydrogen (secondary N) is 2. The van der Waals surface area contributed by atoms with Gasteiger partial charge >= 0.3 is 12.0 Å². The van der Waals surface area contributed by atoms with E-state index in [4.69, 9.17) is 30.2 Å². The fourth-order valence-corrected chi connectivity index (χ4v) is 2.78. The smallest absolute Gasteiger partial charge is 0.338 e. The maximum atomic E-state index is 12.3. The van der Waals surface area contributed by atoms with Crippen molar-refractivity contribution in [2.45, 2.75) is 13.2 Å². The molecule has 3 aromatic rings. The number of carbonyl (C=O) groups is 3. The highest BCUT2D eigenvalue weighted by molar-refractivity contribution is 6.30. The average Bonchev–Trinajstić information content (AvgIpc) is 3.34. The predicted molar refractivity (Wildman–Crippen MR) is 118 cm³/mol. The minimum Gasteiger partial charge on any atom is -0.493 e. The van der Waals surface area contributed by atoms with Gasteiger partial charge in [0.2, 0.25) is 0 Å². The Bertz CT molecular complexity index is 1100. The second kappa shape index (κ2) is 11.6. The molecule has 172 valence electrons. The van der Waals surface area contributed by atoms with Crippen molar-refractivity contribution in [2.75, 3.05) is 13.7 Å². The summed E-state index contributed by atoms with van der Waals surface area (Å²) in [6.45, 7) is -0.248. The molecule has 2 aromatic carbocycles. The van der Waals surface area contributed by atoms with Crippen LogP contribution in [0.4, 0.5) is 4.79 Å². The standard InChI is InChI=1S/C23H21ClN2O7/c1-30-20-11-16(6-9-19(20)32-13-15-4-7-17(24)8-5-15)22(28)33-14-21(27)26-23(29)25-12-18-3-2-10-31-18/h2-11H,12-14H2,1H3,(H2,25,26,27,29). The number of amides is 3. The molecule has 33 heavy (non-hydrogen) atoms. The molecular formula is C23H21ClN2O7. The molecule has 9 nitrogen and oxygen atoms in total. The summed E-state index contributed by atoms with van der Waals surface area (Å²) >= 11 is 5.87. The van der Waals surface area contributed by atoms with Crippen LogP contribution in [0.2, 0.25) is 5.02 Å². The number of hydrogen-bond donors (Lipinski definition) is 2. The number of furan rings is 1. The van der Waals surface area contributed by atoms with E-state index in [0.717, 1.165) is 5.56 Å². The lowest BCUT2D eigenvalue weighted by molar-refractivity contribution is -0.123. The molecule has 0 radical (unpaired) electrons. The molecular weight excluding hydrogens is 452 g/mol. The van der Waals surface area contributed by atoms with Crippen molar-refractivity contribution in [1.82, 2.24) is 10.6 Å². The first-order valence-corrected chi connectivity index (χ1v) is 10.1. The van der Waals surface area contributed by atoms with Gasteiger partial charge < -0.3 is 23.9 Å². The third-order valence-electron chi connectivity index (χ3n) is 4.30. The summed E-state index contributed by atoms with van der Waals surface area (Å²) < 4.78 is 21.1. The molecule has 0 unspecified atom stereocenters. The van der Waals surface area contributed by atoms with Crippen molar-refractivity contribution in [3.05, 3.63) is 82.8 Å². The summed E-state index contributed by atoms with van der Waals surface area (Å²) in [4.78, 5) is 35.8. The maximum absolute atomic E-state index is 12.3. The van der Waals surface area contributed by atoms with Gasteiger partial charge in [-0.15, -0.1) is 0 Å². The molecule has 0 aliphatic carbocycles. The van der Waals surface area contributed by atoms with Crippen LogP contribution in [-0.4, -0.2) is 31.6 Å². The van der Waals surface area contributed by atoms with Crippen molar-refractivity contribution >= 4 is 29.5 Å². The lowest BCUT2D eigenvalue weighted by Gasteiger charge is -2.12. The Balaban J connectivity index is 1.48. The number of hydrogen-bond acceptors (Lipinski definition) is 7. The highest BCUT2D eigenvalue weighted by Crippen LogP contribution is 2.29. The fraction of sp³-hybridized carbons (Fsp3) is 0.174. The van der Waals surface area contributed by atoms with E-state index < -0.39 is 24.5 Å². The third-order valence-corrected chi connectivity index (χ3v) is 4.55. The van der Waals surface area contributed by atoms with Gasteiger partial charge in [-0.05, 0) is 48.0 Å². The van der Waals surface area contributed by atoms with E-state index in [2.05, 4.69) is 10.6 Å². The van der Waals surface area contributed by atoms with Crippen LogP contribution >= 0.6 is 11.6 Å². The van der Waals surface area contributed by atoms with Crippen molar-refractivity contribution in [3.8, 4) is 11.5 Å². The molecule has 3 amide bonds. The molecule has 0 aliphatic heterocycles. The van der Waals surface area contributed by atoms with E-state index in [-0.39, 0.29) is 18.7 Å². The third kappa shape index (κ3) is 7.29. The molecule has 3 rings (SSSR count). The van der Waals surface area contributed by atoms with E-state index in [1.807, 2.05) is 12.1 Å². The first-order valence-electron chi connectivity index (χ1n) is 9.77. The lowest BCUT2D eigenvalue weighted by atomic mass is 10.2. The largest absolute Gasteiger partial charge is 0.493 e. The highest BCUT2D eigenvalue weighted by atomic mass is 35.5. The normalized spacial score (nSPS) is 10.2. The Kier molecular flexibility index (Phi) is 8.31. The summed E-state index contributed by atoms with van der Waals surface area (Å²) in [6, 6.07) is 14.3. The molecule has 1 heterocycles. The van der Waals surface area contributed by atoms with Crippen LogP contribution in [0.25, 0.3) is 0 Å². The highest BCUT2D eigenvalue weighted by Gasteiger charge is 2.15. The lowest BCUT2D eigenvalue weighted by Crippen LogP contribution is -2.41. The molecule has 10 heteroatoms. The van der Waals surface area contributed by atoms with Crippen LogP contribution < -0.4 is 20.1 Å². The van der Waals surface area contributed by atoms with Gasteiger partial charge in [-0.1, -0.05) is 23.7 Å². The number of imide groups is 1. The Morgan fingerprint density at radius 3 is 2.52 bits per heavy atom. The summed E-state index contributed by atoms with van der Waals surface area (Å²) in [5.74, 6) is -0.271. The van der Waals surface area contributed by atoms with Gasteiger partial charge in [0, 0.05) is 5.02 Å². The van der Waals surface area contributed by atoms with Crippen LogP contribution in [0, 0.1) is 0 Å². The molecule has 0 fully saturated rings. The number of urea groups is 1. The van der Waals surface area contributed by atoms with Crippen molar-refractivity contribution in [3.63, 3.8) is 0 Å². The van der Waals surface area contributed by atoms with E-state index >= 15 is 0 Å². The van der Waals surface area contributed by atoms with Crippen LogP contribution in [0.1, 0.15) is 21.7 Å². The van der Waals surface area contributed by atoms with E-state index in [9.17, 15) is 14.4 Å². The number of rotatable bonds is 9. The fourth-order valence-electron chi connectivity index (χ4n) is 2.66. The molecule has 1 aromatic heterocycles. The van der Waals surface area contributed by atoms with Crippen molar-refractivity contribution in [1.29, 1.82) is 0 Å². The summed E-state index contributed by atoms with van der Waals surface area (Å²) in [7, 11) is 1.44. The monoisotopic (exact) mass is 472 g/mol. The minimum absolute atomic E-state index is 0.109. The summed E-state index contributed by atoms with van der Waals surface area (Å²) in [5, 5.41) is 5.12. The Morgan fingerprint density at radius 1 is 1.03 bits per heavy atom. The van der Waals surface area contributed by atoms with Crippen molar-refractivity contribution < 1.29 is 33.0 Å². The Labute approximate surface area is 194 Å². The van der Waals surface area contributed by atoms with Gasteiger partial charge in [-0.2, -0.15) is 0 Å². The molecule has 0 spiro atoms. The Morgan fingerprint density at radius 2 is 1.82 bits per heavy atom. The molecule has 0 saturated heterocycles. The Hall–Kier alpha value is -3.98. The van der Waals surface area contributed by atoms with Gasteiger partial charge in [0.15, 0.2) is 18.1 Å². The van der Waals surface area contributed by atoms with Gasteiger partial charge in [-0.3, -0.25) is 10.1 Å².